The van der Waals surface area contributed by atoms with Gasteiger partial charge in [-0.1, -0.05) is 36.9 Å². The Morgan fingerprint density at radius 3 is 2.82 bits per heavy atom. The van der Waals surface area contributed by atoms with Gasteiger partial charge in [-0.15, -0.1) is 10.2 Å². The number of hydrogen-bond donors (Lipinski definition) is 1. The summed E-state index contributed by atoms with van der Waals surface area (Å²) >= 11 is 2.98. The highest BCUT2D eigenvalue weighted by Crippen LogP contribution is 2.32. The summed E-state index contributed by atoms with van der Waals surface area (Å²) in [6.45, 7) is 5.18. The van der Waals surface area contributed by atoms with Gasteiger partial charge in [0, 0.05) is 10.8 Å². The Hall–Kier alpha value is -1.80. The number of benzene rings is 1. The van der Waals surface area contributed by atoms with Gasteiger partial charge in [0.1, 0.15) is 13.2 Å². The molecule has 2 heterocycles. The number of amides is 1. The number of carbonyl (C=O) groups is 1. The highest BCUT2D eigenvalue weighted by atomic mass is 32.2. The average Bonchev–Trinajstić information content (AvgIpc) is 2.93. The molecule has 0 radical (unpaired) electrons. The Kier molecular flexibility index (Phi) is 4.49. The van der Waals surface area contributed by atoms with Gasteiger partial charge in [-0.2, -0.15) is 0 Å². The molecule has 0 aliphatic carbocycles. The van der Waals surface area contributed by atoms with Crippen LogP contribution in [0.3, 0.4) is 0 Å². The van der Waals surface area contributed by atoms with Gasteiger partial charge in [0.05, 0.1) is 0 Å². The minimum Gasteiger partial charge on any atom is -0.486 e. The molecule has 0 spiro atoms. The normalized spacial score (nSPS) is 13.2. The summed E-state index contributed by atoms with van der Waals surface area (Å²) in [5, 5.41) is 11.7. The molecular formula is C14H15N3O3S2. The topological polar surface area (TPSA) is 73.3 Å². The maximum Gasteiger partial charge on any atom is 0.257 e. The van der Waals surface area contributed by atoms with E-state index >= 15 is 0 Å². The largest absolute Gasteiger partial charge is 0.486 e. The second-order valence-corrected chi connectivity index (χ2v) is 7.65. The number of carbonyl (C=O) groups excluding carboxylic acids is 1. The molecule has 8 heteroatoms. The lowest BCUT2D eigenvalue weighted by molar-refractivity contribution is 0.102. The molecule has 0 unspecified atom stereocenters. The molecule has 1 aromatic heterocycles. The minimum absolute atomic E-state index is 0.241. The summed E-state index contributed by atoms with van der Waals surface area (Å²) < 4.78 is 11.8. The minimum atomic E-state index is -0.241. The van der Waals surface area contributed by atoms with Crippen LogP contribution in [0.15, 0.2) is 22.5 Å². The third kappa shape index (κ3) is 3.50. The molecule has 1 aromatic carbocycles. The second-order valence-electron chi connectivity index (χ2n) is 4.85. The molecule has 1 amide bonds. The van der Waals surface area contributed by atoms with Crippen LogP contribution in [0.4, 0.5) is 5.13 Å². The van der Waals surface area contributed by atoms with Crippen LogP contribution in [0.5, 0.6) is 11.5 Å². The summed E-state index contributed by atoms with van der Waals surface area (Å²) in [5.41, 5.74) is 0.498. The van der Waals surface area contributed by atoms with Crippen LogP contribution >= 0.6 is 23.1 Å². The summed E-state index contributed by atoms with van der Waals surface area (Å²) in [7, 11) is 0. The Labute approximate surface area is 136 Å². The number of thioether (sulfide) groups is 1. The molecule has 3 rings (SSSR count). The van der Waals surface area contributed by atoms with Gasteiger partial charge in [0.2, 0.25) is 5.13 Å². The first-order valence-corrected chi connectivity index (χ1v) is 8.52. The molecule has 0 fully saturated rings. The Bertz CT molecular complexity index is 688. The fraction of sp³-hybridized carbons (Fsp3) is 0.357. The monoisotopic (exact) mass is 337 g/mol. The van der Waals surface area contributed by atoms with E-state index in [1.165, 1.54) is 11.3 Å². The number of rotatable bonds is 4. The molecule has 0 saturated heterocycles. The Morgan fingerprint density at radius 1 is 1.27 bits per heavy atom. The Morgan fingerprint density at radius 2 is 2.05 bits per heavy atom. The lowest BCUT2D eigenvalue weighted by Gasteiger charge is -2.18. The fourth-order valence-electron chi connectivity index (χ4n) is 1.86. The van der Waals surface area contributed by atoms with Crippen molar-refractivity contribution < 1.29 is 14.3 Å². The molecule has 0 atom stereocenters. The van der Waals surface area contributed by atoms with Crippen LogP contribution < -0.4 is 14.8 Å². The number of nitrogens with zero attached hydrogens (tertiary/aromatic N) is 2. The van der Waals surface area contributed by atoms with Gasteiger partial charge < -0.3 is 9.47 Å². The number of fused-ring (bicyclic) bond motifs is 1. The fourth-order valence-corrected chi connectivity index (χ4v) is 3.83. The van der Waals surface area contributed by atoms with E-state index in [4.69, 9.17) is 9.47 Å². The molecule has 22 heavy (non-hydrogen) atoms. The SMILES string of the molecule is CC(C)Sc1nnc(NC(=O)c2ccc3c(c2)OCCO3)s1. The van der Waals surface area contributed by atoms with E-state index in [1.807, 2.05) is 0 Å². The van der Waals surface area contributed by atoms with Crippen molar-refractivity contribution in [2.45, 2.75) is 23.4 Å². The predicted octanol–water partition coefficient (Wildman–Crippen LogP) is 3.06. The van der Waals surface area contributed by atoms with Gasteiger partial charge in [0.25, 0.3) is 5.91 Å². The molecule has 2 aromatic rings. The van der Waals surface area contributed by atoms with E-state index in [0.717, 1.165) is 4.34 Å². The van der Waals surface area contributed by atoms with Crippen LogP contribution in [-0.4, -0.2) is 34.6 Å². The molecule has 6 nitrogen and oxygen atoms in total. The molecule has 0 bridgehead atoms. The predicted molar refractivity (Wildman–Crippen MR) is 86.3 cm³/mol. The first-order valence-electron chi connectivity index (χ1n) is 6.83. The van der Waals surface area contributed by atoms with Crippen molar-refractivity contribution in [1.82, 2.24) is 10.2 Å². The van der Waals surface area contributed by atoms with Crippen molar-refractivity contribution in [1.29, 1.82) is 0 Å². The van der Waals surface area contributed by atoms with E-state index in [2.05, 4.69) is 29.4 Å². The van der Waals surface area contributed by atoms with Gasteiger partial charge in [-0.3, -0.25) is 10.1 Å². The van der Waals surface area contributed by atoms with E-state index in [1.54, 1.807) is 30.0 Å². The zero-order chi connectivity index (χ0) is 15.5. The summed E-state index contributed by atoms with van der Waals surface area (Å²) in [5.74, 6) is 1.01. The maximum atomic E-state index is 12.3. The van der Waals surface area contributed by atoms with Gasteiger partial charge in [-0.25, -0.2) is 0 Å². The van der Waals surface area contributed by atoms with Crippen molar-refractivity contribution in [3.05, 3.63) is 23.8 Å². The molecular weight excluding hydrogens is 322 g/mol. The molecule has 116 valence electrons. The smallest absolute Gasteiger partial charge is 0.257 e. The third-order valence-electron chi connectivity index (χ3n) is 2.77. The second kappa shape index (κ2) is 6.53. The lowest BCUT2D eigenvalue weighted by atomic mass is 10.2. The van der Waals surface area contributed by atoms with Crippen LogP contribution in [0.1, 0.15) is 24.2 Å². The van der Waals surface area contributed by atoms with E-state index < -0.39 is 0 Å². The van der Waals surface area contributed by atoms with E-state index in [-0.39, 0.29) is 5.91 Å². The van der Waals surface area contributed by atoms with Gasteiger partial charge >= 0.3 is 0 Å². The summed E-state index contributed by atoms with van der Waals surface area (Å²) in [4.78, 5) is 12.3. The van der Waals surface area contributed by atoms with Crippen LogP contribution in [0.2, 0.25) is 0 Å². The van der Waals surface area contributed by atoms with Crippen LogP contribution in [0, 0.1) is 0 Å². The number of hydrogen-bond acceptors (Lipinski definition) is 7. The molecule has 1 N–H and O–H groups in total. The van der Waals surface area contributed by atoms with Gasteiger partial charge in [0.15, 0.2) is 15.8 Å². The van der Waals surface area contributed by atoms with Crippen LogP contribution in [0.25, 0.3) is 0 Å². The standard InChI is InChI=1S/C14H15N3O3S2/c1-8(2)21-14-17-16-13(22-14)15-12(18)9-3-4-10-11(7-9)20-6-5-19-10/h3-4,7-8H,5-6H2,1-2H3,(H,15,16,18). The van der Waals surface area contributed by atoms with Crippen molar-refractivity contribution in [2.24, 2.45) is 0 Å². The van der Waals surface area contributed by atoms with E-state index in [9.17, 15) is 4.79 Å². The van der Waals surface area contributed by atoms with Crippen molar-refractivity contribution >= 4 is 34.1 Å². The lowest BCUT2D eigenvalue weighted by Crippen LogP contribution is -2.17. The molecule has 0 saturated carbocycles. The highest BCUT2D eigenvalue weighted by molar-refractivity contribution is 8.01. The van der Waals surface area contributed by atoms with Crippen molar-refractivity contribution in [2.75, 3.05) is 18.5 Å². The number of anilines is 1. The maximum absolute atomic E-state index is 12.3. The number of aromatic nitrogens is 2. The zero-order valence-corrected chi connectivity index (χ0v) is 13.8. The number of ether oxygens (including phenoxy) is 2. The number of nitrogens with one attached hydrogen (secondary N) is 1. The molecule has 1 aliphatic heterocycles. The third-order valence-corrected chi connectivity index (χ3v) is 4.69. The quantitative estimate of drug-likeness (QED) is 0.683. The van der Waals surface area contributed by atoms with E-state index in [0.29, 0.717) is 40.7 Å². The first-order chi connectivity index (χ1) is 10.6. The van der Waals surface area contributed by atoms with Crippen molar-refractivity contribution in [3.8, 4) is 11.5 Å². The summed E-state index contributed by atoms with van der Waals surface area (Å²) in [6, 6.07) is 5.12. The summed E-state index contributed by atoms with van der Waals surface area (Å²) in [6.07, 6.45) is 0. The first kappa shape index (κ1) is 15.1. The zero-order valence-electron chi connectivity index (χ0n) is 12.2. The highest BCUT2D eigenvalue weighted by Gasteiger charge is 2.16. The Balaban J connectivity index is 1.70. The molecule has 1 aliphatic rings. The van der Waals surface area contributed by atoms with Crippen LogP contribution in [-0.2, 0) is 0 Å². The average molecular weight is 337 g/mol. The van der Waals surface area contributed by atoms with Crippen molar-refractivity contribution in [3.63, 3.8) is 0 Å². The van der Waals surface area contributed by atoms with Gasteiger partial charge in [-0.05, 0) is 18.2 Å².